The van der Waals surface area contributed by atoms with Gasteiger partial charge in [0.1, 0.15) is 5.82 Å². The summed E-state index contributed by atoms with van der Waals surface area (Å²) in [6, 6.07) is 1.44. The Bertz CT molecular complexity index is 236. The standard InChI is InChI=1S/C6H2F3I/c7-3-1-4(8)6(9)5(10)2-3/h1-2H. The van der Waals surface area contributed by atoms with E-state index in [0.717, 1.165) is 6.07 Å². The molecule has 0 heterocycles. The molecule has 10 heavy (non-hydrogen) atoms. The van der Waals surface area contributed by atoms with Crippen molar-refractivity contribution in [1.29, 1.82) is 0 Å². The fraction of sp³-hybridized carbons (Fsp3) is 0. The van der Waals surface area contributed by atoms with Crippen LogP contribution in [0.25, 0.3) is 0 Å². The van der Waals surface area contributed by atoms with E-state index in [-0.39, 0.29) is 3.57 Å². The Morgan fingerprint density at radius 1 is 1.10 bits per heavy atom. The highest BCUT2D eigenvalue weighted by molar-refractivity contribution is 14.1. The van der Waals surface area contributed by atoms with Gasteiger partial charge in [-0.15, -0.1) is 0 Å². The first-order valence-electron chi connectivity index (χ1n) is 2.41. The summed E-state index contributed by atoms with van der Waals surface area (Å²) in [5.41, 5.74) is 0. The molecular weight excluding hydrogens is 256 g/mol. The molecule has 0 radical (unpaired) electrons. The van der Waals surface area contributed by atoms with Crippen molar-refractivity contribution < 1.29 is 13.2 Å². The summed E-state index contributed by atoms with van der Waals surface area (Å²) in [5, 5.41) is 0. The van der Waals surface area contributed by atoms with Crippen molar-refractivity contribution in [2.75, 3.05) is 0 Å². The minimum atomic E-state index is -1.15. The lowest BCUT2D eigenvalue weighted by Crippen LogP contribution is -1.89. The monoisotopic (exact) mass is 258 g/mol. The number of benzene rings is 1. The zero-order chi connectivity index (χ0) is 7.72. The van der Waals surface area contributed by atoms with Gasteiger partial charge >= 0.3 is 0 Å². The second kappa shape index (κ2) is 2.77. The Balaban J connectivity index is 3.31. The van der Waals surface area contributed by atoms with E-state index in [1.165, 1.54) is 22.6 Å². The van der Waals surface area contributed by atoms with Crippen LogP contribution in [0.15, 0.2) is 12.1 Å². The molecule has 0 unspecified atom stereocenters. The molecule has 0 aliphatic heterocycles. The number of hydrogen-bond acceptors (Lipinski definition) is 0. The largest absolute Gasteiger partial charge is 0.207 e. The molecule has 0 atom stereocenters. The molecule has 1 aromatic carbocycles. The summed E-state index contributed by atoms with van der Waals surface area (Å²) in [6.45, 7) is 0. The lowest BCUT2D eigenvalue weighted by molar-refractivity contribution is 0.489. The van der Waals surface area contributed by atoms with Crippen LogP contribution in [-0.4, -0.2) is 0 Å². The van der Waals surface area contributed by atoms with Gasteiger partial charge in [0, 0.05) is 6.07 Å². The van der Waals surface area contributed by atoms with Crippen LogP contribution in [0, 0.1) is 21.0 Å². The summed E-state index contributed by atoms with van der Waals surface area (Å²) >= 11 is 1.52. The van der Waals surface area contributed by atoms with E-state index in [0.29, 0.717) is 6.07 Å². The summed E-state index contributed by atoms with van der Waals surface area (Å²) < 4.78 is 36.7. The average molecular weight is 258 g/mol. The van der Waals surface area contributed by atoms with Crippen LogP contribution >= 0.6 is 22.6 Å². The van der Waals surface area contributed by atoms with Crippen molar-refractivity contribution in [3.8, 4) is 0 Å². The minimum Gasteiger partial charge on any atom is -0.207 e. The molecule has 0 amide bonds. The second-order valence-electron chi connectivity index (χ2n) is 1.68. The lowest BCUT2D eigenvalue weighted by Gasteiger charge is -1.94. The van der Waals surface area contributed by atoms with Crippen LogP contribution in [0.4, 0.5) is 13.2 Å². The number of halogens is 4. The Hall–Kier alpha value is -0.260. The first-order chi connectivity index (χ1) is 4.61. The van der Waals surface area contributed by atoms with Gasteiger partial charge in [0.2, 0.25) is 0 Å². The molecule has 0 bridgehead atoms. The molecule has 0 nitrogen and oxygen atoms in total. The van der Waals surface area contributed by atoms with Crippen LogP contribution in [0.2, 0.25) is 0 Å². The van der Waals surface area contributed by atoms with Crippen LogP contribution < -0.4 is 0 Å². The first kappa shape index (κ1) is 7.84. The molecule has 0 aliphatic carbocycles. The van der Waals surface area contributed by atoms with Crippen molar-refractivity contribution in [2.45, 2.75) is 0 Å². The molecule has 0 saturated heterocycles. The summed E-state index contributed by atoms with van der Waals surface area (Å²) in [7, 11) is 0. The summed E-state index contributed by atoms with van der Waals surface area (Å²) in [6.07, 6.45) is 0. The first-order valence-corrected chi connectivity index (χ1v) is 3.49. The molecule has 0 N–H and O–H groups in total. The van der Waals surface area contributed by atoms with Crippen molar-refractivity contribution >= 4 is 22.6 Å². The fourth-order valence-corrected chi connectivity index (χ4v) is 1.08. The predicted octanol–water partition coefficient (Wildman–Crippen LogP) is 2.71. The fourth-order valence-electron chi connectivity index (χ4n) is 0.525. The van der Waals surface area contributed by atoms with E-state index >= 15 is 0 Å². The van der Waals surface area contributed by atoms with Crippen molar-refractivity contribution in [3.63, 3.8) is 0 Å². The second-order valence-corrected chi connectivity index (χ2v) is 2.85. The van der Waals surface area contributed by atoms with E-state index < -0.39 is 17.5 Å². The normalized spacial score (nSPS) is 10.0. The third kappa shape index (κ3) is 1.42. The Labute approximate surface area is 69.2 Å². The molecular formula is C6H2F3I. The van der Waals surface area contributed by atoms with Crippen LogP contribution in [0.1, 0.15) is 0 Å². The van der Waals surface area contributed by atoms with Gasteiger partial charge in [-0.3, -0.25) is 0 Å². The van der Waals surface area contributed by atoms with E-state index in [4.69, 9.17) is 0 Å². The van der Waals surface area contributed by atoms with Gasteiger partial charge in [0.25, 0.3) is 0 Å². The third-order valence-corrected chi connectivity index (χ3v) is 1.73. The highest BCUT2D eigenvalue weighted by atomic mass is 127. The highest BCUT2D eigenvalue weighted by Crippen LogP contribution is 2.15. The van der Waals surface area contributed by atoms with Crippen LogP contribution in [0.3, 0.4) is 0 Å². The average Bonchev–Trinajstić information content (AvgIpc) is 1.82. The molecule has 1 rings (SSSR count). The Kier molecular flexibility index (Phi) is 2.18. The van der Waals surface area contributed by atoms with Crippen LogP contribution in [0.5, 0.6) is 0 Å². The SMILES string of the molecule is Fc1cc(F)c(F)c(I)c1. The van der Waals surface area contributed by atoms with E-state index in [1.807, 2.05) is 0 Å². The van der Waals surface area contributed by atoms with E-state index in [1.54, 1.807) is 0 Å². The zero-order valence-corrected chi connectivity index (χ0v) is 6.82. The molecule has 0 saturated carbocycles. The maximum absolute atomic E-state index is 12.4. The van der Waals surface area contributed by atoms with E-state index in [9.17, 15) is 13.2 Å². The molecule has 0 spiro atoms. The topological polar surface area (TPSA) is 0 Å². The summed E-state index contributed by atoms with van der Waals surface area (Å²) in [5.74, 6) is -2.91. The highest BCUT2D eigenvalue weighted by Gasteiger charge is 2.07. The predicted molar refractivity (Wildman–Crippen MR) is 39.0 cm³/mol. The maximum Gasteiger partial charge on any atom is 0.172 e. The quantitative estimate of drug-likeness (QED) is 0.381. The number of hydrogen-bond donors (Lipinski definition) is 0. The molecule has 54 valence electrons. The summed E-state index contributed by atoms with van der Waals surface area (Å²) in [4.78, 5) is 0. The van der Waals surface area contributed by atoms with Gasteiger partial charge in [-0.05, 0) is 28.7 Å². The van der Waals surface area contributed by atoms with Gasteiger partial charge < -0.3 is 0 Å². The molecule has 0 fully saturated rings. The Morgan fingerprint density at radius 3 is 2.20 bits per heavy atom. The molecule has 1 aromatic rings. The van der Waals surface area contributed by atoms with Crippen molar-refractivity contribution in [2.24, 2.45) is 0 Å². The van der Waals surface area contributed by atoms with Gasteiger partial charge in [0.05, 0.1) is 3.57 Å². The molecule has 4 heteroatoms. The third-order valence-electron chi connectivity index (χ3n) is 0.949. The van der Waals surface area contributed by atoms with Gasteiger partial charge in [-0.25, -0.2) is 13.2 Å². The minimum absolute atomic E-state index is 0.0462. The molecule has 0 aromatic heterocycles. The van der Waals surface area contributed by atoms with Gasteiger partial charge in [0.15, 0.2) is 11.6 Å². The van der Waals surface area contributed by atoms with Gasteiger partial charge in [-0.2, -0.15) is 0 Å². The smallest absolute Gasteiger partial charge is 0.172 e. The van der Waals surface area contributed by atoms with Gasteiger partial charge in [-0.1, -0.05) is 0 Å². The van der Waals surface area contributed by atoms with E-state index in [2.05, 4.69) is 0 Å². The number of rotatable bonds is 0. The van der Waals surface area contributed by atoms with Crippen molar-refractivity contribution in [3.05, 3.63) is 33.2 Å². The molecule has 0 aliphatic rings. The lowest BCUT2D eigenvalue weighted by atomic mass is 10.3. The zero-order valence-electron chi connectivity index (χ0n) is 4.67. The maximum atomic E-state index is 12.4. The Morgan fingerprint density at radius 2 is 1.70 bits per heavy atom. The van der Waals surface area contributed by atoms with Crippen molar-refractivity contribution in [1.82, 2.24) is 0 Å². The van der Waals surface area contributed by atoms with Crippen LogP contribution in [-0.2, 0) is 0 Å².